The first-order valence-corrected chi connectivity index (χ1v) is 6.74. The van der Waals surface area contributed by atoms with Crippen LogP contribution in [0.1, 0.15) is 0 Å². The lowest BCUT2D eigenvalue weighted by Crippen LogP contribution is -3.00. The van der Waals surface area contributed by atoms with Crippen LogP contribution in [0.15, 0.2) is 60.7 Å². The van der Waals surface area contributed by atoms with Crippen molar-refractivity contribution in [1.29, 1.82) is 0 Å². The van der Waals surface area contributed by atoms with Crippen molar-refractivity contribution in [1.82, 2.24) is 0 Å². The maximum Gasteiger partial charge on any atom is 0.0962 e. The topological polar surface area (TPSA) is 3.24 Å². The van der Waals surface area contributed by atoms with Crippen LogP contribution in [-0.2, 0) is 0 Å². The van der Waals surface area contributed by atoms with Gasteiger partial charge in [0.2, 0.25) is 0 Å². The van der Waals surface area contributed by atoms with Crippen molar-refractivity contribution in [3.05, 3.63) is 60.7 Å². The standard InChI is InChI=1S/C17H23N2.HI/c1-19(2,3)15-14-18(16-10-6-4-7-11-16)17-12-8-5-9-13-17;/h4-13H,14-15H2,1-3H3;1H/q+1;/p-1. The van der Waals surface area contributed by atoms with Crippen molar-refractivity contribution in [2.24, 2.45) is 0 Å². The van der Waals surface area contributed by atoms with E-state index in [0.29, 0.717) is 0 Å². The predicted octanol–water partition coefficient (Wildman–Crippen LogP) is 0.535. The van der Waals surface area contributed by atoms with Gasteiger partial charge in [0.05, 0.1) is 34.2 Å². The smallest absolute Gasteiger partial charge is 0.0962 e. The molecule has 0 atom stereocenters. The lowest BCUT2D eigenvalue weighted by Gasteiger charge is -2.30. The Labute approximate surface area is 139 Å². The summed E-state index contributed by atoms with van der Waals surface area (Å²) in [7, 11) is 6.69. The van der Waals surface area contributed by atoms with Crippen LogP contribution in [-0.4, -0.2) is 38.7 Å². The van der Waals surface area contributed by atoms with Crippen molar-refractivity contribution in [2.45, 2.75) is 0 Å². The predicted molar refractivity (Wildman–Crippen MR) is 82.8 cm³/mol. The Bertz CT molecular complexity index is 452. The molecule has 108 valence electrons. The Morgan fingerprint density at radius 1 is 0.750 bits per heavy atom. The lowest BCUT2D eigenvalue weighted by molar-refractivity contribution is -0.868. The molecule has 0 amide bonds. The third-order valence-corrected chi connectivity index (χ3v) is 3.13. The molecule has 0 bridgehead atoms. The summed E-state index contributed by atoms with van der Waals surface area (Å²) in [6, 6.07) is 21.2. The average molecular weight is 382 g/mol. The quantitative estimate of drug-likeness (QED) is 0.539. The van der Waals surface area contributed by atoms with Crippen LogP contribution >= 0.6 is 0 Å². The van der Waals surface area contributed by atoms with Crippen LogP contribution in [0.4, 0.5) is 11.4 Å². The monoisotopic (exact) mass is 382 g/mol. The minimum Gasteiger partial charge on any atom is -1.00 e. The summed E-state index contributed by atoms with van der Waals surface area (Å²) in [5, 5.41) is 0. The Kier molecular flexibility index (Phi) is 6.49. The van der Waals surface area contributed by atoms with Gasteiger partial charge in [-0.05, 0) is 24.3 Å². The lowest BCUT2D eigenvalue weighted by atomic mass is 10.2. The van der Waals surface area contributed by atoms with Crippen molar-refractivity contribution in [3.8, 4) is 0 Å². The molecule has 2 aromatic rings. The van der Waals surface area contributed by atoms with E-state index in [1.54, 1.807) is 0 Å². The van der Waals surface area contributed by atoms with Gasteiger partial charge in [-0.25, -0.2) is 0 Å². The van der Waals surface area contributed by atoms with Gasteiger partial charge in [-0.1, -0.05) is 36.4 Å². The summed E-state index contributed by atoms with van der Waals surface area (Å²) in [4.78, 5) is 2.38. The number of hydrogen-bond donors (Lipinski definition) is 0. The zero-order chi connectivity index (χ0) is 13.7. The second-order valence-corrected chi connectivity index (χ2v) is 5.84. The highest BCUT2D eigenvalue weighted by molar-refractivity contribution is 5.62. The number of para-hydroxylation sites is 2. The van der Waals surface area contributed by atoms with E-state index in [4.69, 9.17) is 0 Å². The molecule has 0 N–H and O–H groups in total. The number of rotatable bonds is 5. The fourth-order valence-corrected chi connectivity index (χ4v) is 2.02. The van der Waals surface area contributed by atoms with E-state index < -0.39 is 0 Å². The number of halogens is 1. The normalized spacial score (nSPS) is 10.8. The molecule has 3 heteroatoms. The number of benzene rings is 2. The third-order valence-electron chi connectivity index (χ3n) is 3.13. The summed E-state index contributed by atoms with van der Waals surface area (Å²) in [5.41, 5.74) is 2.50. The first-order valence-electron chi connectivity index (χ1n) is 6.74. The third kappa shape index (κ3) is 5.13. The van der Waals surface area contributed by atoms with Gasteiger partial charge in [-0.2, -0.15) is 0 Å². The van der Waals surface area contributed by atoms with E-state index in [-0.39, 0.29) is 24.0 Å². The number of likely N-dealkylation sites (N-methyl/N-ethyl adjacent to an activating group) is 1. The first kappa shape index (κ1) is 17.0. The van der Waals surface area contributed by atoms with Crippen molar-refractivity contribution in [3.63, 3.8) is 0 Å². The fourth-order valence-electron chi connectivity index (χ4n) is 2.02. The maximum absolute atomic E-state index is 2.38. The Balaban J connectivity index is 0.00000200. The number of hydrogen-bond acceptors (Lipinski definition) is 1. The average Bonchev–Trinajstić information content (AvgIpc) is 2.40. The van der Waals surface area contributed by atoms with Gasteiger partial charge in [0.15, 0.2) is 0 Å². The highest BCUT2D eigenvalue weighted by Gasteiger charge is 2.13. The summed E-state index contributed by atoms with van der Waals surface area (Å²) in [6.07, 6.45) is 0. The van der Waals surface area contributed by atoms with Crippen LogP contribution in [0.25, 0.3) is 0 Å². The molecule has 0 aliphatic carbocycles. The van der Waals surface area contributed by atoms with Crippen LogP contribution in [0.5, 0.6) is 0 Å². The second kappa shape index (κ2) is 7.64. The minimum absolute atomic E-state index is 0. The van der Waals surface area contributed by atoms with Crippen molar-refractivity contribution < 1.29 is 28.5 Å². The van der Waals surface area contributed by atoms with Crippen LogP contribution in [0.3, 0.4) is 0 Å². The van der Waals surface area contributed by atoms with E-state index in [1.807, 2.05) is 0 Å². The Hall–Kier alpha value is -1.07. The van der Waals surface area contributed by atoms with E-state index in [9.17, 15) is 0 Å². The molecule has 0 radical (unpaired) electrons. The molecule has 0 aliphatic rings. The van der Waals surface area contributed by atoms with E-state index in [0.717, 1.165) is 17.6 Å². The van der Waals surface area contributed by atoms with Gasteiger partial charge < -0.3 is 33.4 Å². The zero-order valence-electron chi connectivity index (χ0n) is 12.5. The van der Waals surface area contributed by atoms with Crippen molar-refractivity contribution in [2.75, 3.05) is 39.1 Å². The molecule has 0 saturated heterocycles. The molecule has 0 aliphatic heterocycles. The largest absolute Gasteiger partial charge is 1.00 e. The summed E-state index contributed by atoms with van der Waals surface area (Å²) in [6.45, 7) is 2.11. The summed E-state index contributed by atoms with van der Waals surface area (Å²) < 4.78 is 0.968. The molecule has 0 heterocycles. The highest BCUT2D eigenvalue weighted by Crippen LogP contribution is 2.24. The summed E-state index contributed by atoms with van der Waals surface area (Å²) in [5.74, 6) is 0. The Morgan fingerprint density at radius 2 is 1.15 bits per heavy atom. The van der Waals surface area contributed by atoms with Gasteiger partial charge >= 0.3 is 0 Å². The fraction of sp³-hybridized carbons (Fsp3) is 0.294. The van der Waals surface area contributed by atoms with E-state index in [2.05, 4.69) is 86.7 Å². The number of anilines is 2. The zero-order valence-corrected chi connectivity index (χ0v) is 14.6. The van der Waals surface area contributed by atoms with Gasteiger partial charge in [0, 0.05) is 11.4 Å². The molecule has 0 aromatic heterocycles. The van der Waals surface area contributed by atoms with Crippen LogP contribution < -0.4 is 28.9 Å². The molecule has 20 heavy (non-hydrogen) atoms. The molecular weight excluding hydrogens is 359 g/mol. The van der Waals surface area contributed by atoms with Gasteiger partial charge in [0.25, 0.3) is 0 Å². The van der Waals surface area contributed by atoms with Crippen LogP contribution in [0, 0.1) is 0 Å². The van der Waals surface area contributed by atoms with Gasteiger partial charge in [-0.3, -0.25) is 0 Å². The molecule has 0 unspecified atom stereocenters. The molecule has 2 rings (SSSR count). The van der Waals surface area contributed by atoms with Gasteiger partial charge in [-0.15, -0.1) is 0 Å². The summed E-state index contributed by atoms with van der Waals surface area (Å²) >= 11 is 0. The molecule has 0 spiro atoms. The van der Waals surface area contributed by atoms with E-state index >= 15 is 0 Å². The van der Waals surface area contributed by atoms with Gasteiger partial charge in [0.1, 0.15) is 0 Å². The second-order valence-electron chi connectivity index (χ2n) is 5.84. The van der Waals surface area contributed by atoms with Crippen LogP contribution in [0.2, 0.25) is 0 Å². The first-order chi connectivity index (χ1) is 9.06. The Morgan fingerprint density at radius 3 is 1.50 bits per heavy atom. The molecule has 0 fully saturated rings. The highest BCUT2D eigenvalue weighted by atomic mass is 127. The maximum atomic E-state index is 2.38. The molecule has 0 saturated carbocycles. The SMILES string of the molecule is C[N+](C)(C)CCN(c1ccccc1)c1ccccc1.[I-]. The minimum atomic E-state index is 0. The number of nitrogens with zero attached hydrogens (tertiary/aromatic N) is 2. The molecular formula is C17H23IN2. The molecule has 2 nitrogen and oxygen atoms in total. The molecule has 2 aromatic carbocycles. The number of quaternary nitrogens is 1. The van der Waals surface area contributed by atoms with Crippen molar-refractivity contribution >= 4 is 11.4 Å². The van der Waals surface area contributed by atoms with E-state index in [1.165, 1.54) is 11.4 Å².